The SMILES string of the molecule is Cc1ccc2c(c1)N(CC(C)(C)N)C(=O)CO2. The van der Waals surface area contributed by atoms with Crippen LogP contribution in [0.3, 0.4) is 0 Å². The summed E-state index contributed by atoms with van der Waals surface area (Å²) in [6, 6.07) is 5.83. The van der Waals surface area contributed by atoms with E-state index in [1.807, 2.05) is 39.0 Å². The van der Waals surface area contributed by atoms with E-state index in [-0.39, 0.29) is 12.5 Å². The van der Waals surface area contributed by atoms with Gasteiger partial charge in [0, 0.05) is 12.1 Å². The summed E-state index contributed by atoms with van der Waals surface area (Å²) in [7, 11) is 0. The maximum atomic E-state index is 11.9. The van der Waals surface area contributed by atoms with Gasteiger partial charge >= 0.3 is 0 Å². The van der Waals surface area contributed by atoms with Gasteiger partial charge in [-0.25, -0.2) is 0 Å². The Morgan fingerprint density at radius 2 is 2.18 bits per heavy atom. The molecule has 0 atom stereocenters. The number of fused-ring (bicyclic) bond motifs is 1. The lowest BCUT2D eigenvalue weighted by atomic mass is 10.0. The van der Waals surface area contributed by atoms with Crippen molar-refractivity contribution in [1.29, 1.82) is 0 Å². The zero-order valence-corrected chi connectivity index (χ0v) is 10.5. The molecular formula is C13H18N2O2. The number of amides is 1. The van der Waals surface area contributed by atoms with Crippen molar-refractivity contribution in [2.75, 3.05) is 18.1 Å². The minimum atomic E-state index is -0.423. The summed E-state index contributed by atoms with van der Waals surface area (Å²) in [6.45, 7) is 6.39. The van der Waals surface area contributed by atoms with Crippen molar-refractivity contribution in [3.8, 4) is 5.75 Å². The minimum Gasteiger partial charge on any atom is -0.482 e. The average Bonchev–Trinajstić information content (AvgIpc) is 2.21. The van der Waals surface area contributed by atoms with Crippen molar-refractivity contribution in [2.45, 2.75) is 26.3 Å². The van der Waals surface area contributed by atoms with Crippen LogP contribution >= 0.6 is 0 Å². The number of benzene rings is 1. The molecule has 0 spiro atoms. The lowest BCUT2D eigenvalue weighted by molar-refractivity contribution is -0.121. The molecule has 0 unspecified atom stereocenters. The number of hydrogen-bond acceptors (Lipinski definition) is 3. The van der Waals surface area contributed by atoms with Crippen LogP contribution in [0.1, 0.15) is 19.4 Å². The Kier molecular flexibility index (Phi) is 2.83. The summed E-state index contributed by atoms with van der Waals surface area (Å²) >= 11 is 0. The van der Waals surface area contributed by atoms with Crippen molar-refractivity contribution in [2.24, 2.45) is 5.73 Å². The Hall–Kier alpha value is -1.55. The van der Waals surface area contributed by atoms with E-state index < -0.39 is 5.54 Å². The van der Waals surface area contributed by atoms with Crippen molar-refractivity contribution >= 4 is 11.6 Å². The van der Waals surface area contributed by atoms with Gasteiger partial charge < -0.3 is 15.4 Å². The van der Waals surface area contributed by atoms with Crippen LogP contribution in [-0.2, 0) is 4.79 Å². The average molecular weight is 234 g/mol. The number of nitrogens with two attached hydrogens (primary N) is 1. The van der Waals surface area contributed by atoms with Crippen LogP contribution in [0.4, 0.5) is 5.69 Å². The molecule has 0 aromatic heterocycles. The molecule has 0 aliphatic carbocycles. The lowest BCUT2D eigenvalue weighted by Crippen LogP contribution is -2.50. The molecule has 1 heterocycles. The number of nitrogens with zero attached hydrogens (tertiary/aromatic N) is 1. The predicted molar refractivity (Wildman–Crippen MR) is 67.3 cm³/mol. The quantitative estimate of drug-likeness (QED) is 0.842. The molecule has 2 rings (SSSR count). The topological polar surface area (TPSA) is 55.6 Å². The van der Waals surface area contributed by atoms with E-state index in [0.29, 0.717) is 6.54 Å². The Morgan fingerprint density at radius 1 is 1.47 bits per heavy atom. The van der Waals surface area contributed by atoms with E-state index in [2.05, 4.69) is 0 Å². The fraction of sp³-hybridized carbons (Fsp3) is 0.462. The zero-order chi connectivity index (χ0) is 12.6. The predicted octanol–water partition coefficient (Wildman–Crippen LogP) is 1.46. The summed E-state index contributed by atoms with van der Waals surface area (Å²) in [5.74, 6) is 0.709. The molecule has 0 saturated heterocycles. The van der Waals surface area contributed by atoms with Gasteiger partial charge in [0.05, 0.1) is 5.69 Å². The van der Waals surface area contributed by atoms with Crippen molar-refractivity contribution < 1.29 is 9.53 Å². The first-order valence-corrected chi connectivity index (χ1v) is 5.69. The highest BCUT2D eigenvalue weighted by atomic mass is 16.5. The zero-order valence-electron chi connectivity index (χ0n) is 10.5. The van der Waals surface area contributed by atoms with Crippen LogP contribution < -0.4 is 15.4 Å². The van der Waals surface area contributed by atoms with Gasteiger partial charge in [-0.15, -0.1) is 0 Å². The Balaban J connectivity index is 2.39. The van der Waals surface area contributed by atoms with E-state index in [0.717, 1.165) is 17.0 Å². The van der Waals surface area contributed by atoms with Gasteiger partial charge in [0.1, 0.15) is 5.75 Å². The Labute approximate surface area is 101 Å². The third-order valence-corrected chi connectivity index (χ3v) is 2.62. The minimum absolute atomic E-state index is 0.0402. The molecule has 0 fully saturated rings. The normalized spacial score (nSPS) is 15.5. The second-order valence-corrected chi connectivity index (χ2v) is 5.23. The molecule has 2 N–H and O–H groups in total. The Bertz CT molecular complexity index is 449. The summed E-state index contributed by atoms with van der Waals surface area (Å²) in [4.78, 5) is 13.6. The van der Waals surface area contributed by atoms with E-state index in [1.54, 1.807) is 4.90 Å². The standard InChI is InChI=1S/C13H18N2O2/c1-9-4-5-11-10(6-9)15(8-13(2,3)14)12(16)7-17-11/h4-6H,7-8,14H2,1-3H3. The summed E-state index contributed by atoms with van der Waals surface area (Å²) < 4.78 is 5.40. The molecule has 17 heavy (non-hydrogen) atoms. The lowest BCUT2D eigenvalue weighted by Gasteiger charge is -2.34. The molecule has 92 valence electrons. The first kappa shape index (κ1) is 11.9. The molecule has 0 bridgehead atoms. The highest BCUT2D eigenvalue weighted by Gasteiger charge is 2.29. The molecule has 1 amide bonds. The molecule has 1 aromatic carbocycles. The van der Waals surface area contributed by atoms with Crippen molar-refractivity contribution in [1.82, 2.24) is 0 Å². The van der Waals surface area contributed by atoms with E-state index in [1.165, 1.54) is 0 Å². The Morgan fingerprint density at radius 3 is 2.82 bits per heavy atom. The highest BCUT2D eigenvalue weighted by Crippen LogP contribution is 2.33. The van der Waals surface area contributed by atoms with Crippen LogP contribution in [-0.4, -0.2) is 24.6 Å². The summed E-state index contributed by atoms with van der Waals surface area (Å²) in [6.07, 6.45) is 0. The first-order chi connectivity index (χ1) is 7.87. The third kappa shape index (κ3) is 2.58. The number of aryl methyl sites for hydroxylation is 1. The van der Waals surface area contributed by atoms with Crippen LogP contribution in [0.25, 0.3) is 0 Å². The van der Waals surface area contributed by atoms with E-state index in [9.17, 15) is 4.79 Å². The second kappa shape index (κ2) is 4.04. The van der Waals surface area contributed by atoms with E-state index in [4.69, 9.17) is 10.5 Å². The molecular weight excluding hydrogens is 216 g/mol. The van der Waals surface area contributed by atoms with Crippen LogP contribution in [0.15, 0.2) is 18.2 Å². The van der Waals surface area contributed by atoms with Gasteiger partial charge in [-0.1, -0.05) is 6.07 Å². The third-order valence-electron chi connectivity index (χ3n) is 2.62. The van der Waals surface area contributed by atoms with Gasteiger partial charge in [0.25, 0.3) is 5.91 Å². The second-order valence-electron chi connectivity index (χ2n) is 5.23. The maximum absolute atomic E-state index is 11.9. The van der Waals surface area contributed by atoms with E-state index >= 15 is 0 Å². The highest BCUT2D eigenvalue weighted by molar-refractivity contribution is 5.98. The largest absolute Gasteiger partial charge is 0.482 e. The van der Waals surface area contributed by atoms with Crippen LogP contribution in [0, 0.1) is 6.92 Å². The number of rotatable bonds is 2. The number of carbonyl (C=O) groups excluding carboxylic acids is 1. The van der Waals surface area contributed by atoms with Crippen molar-refractivity contribution in [3.63, 3.8) is 0 Å². The van der Waals surface area contributed by atoms with Gasteiger partial charge in [-0.05, 0) is 38.5 Å². The summed E-state index contributed by atoms with van der Waals surface area (Å²) in [5.41, 5.74) is 7.48. The molecule has 4 heteroatoms. The molecule has 0 radical (unpaired) electrons. The van der Waals surface area contributed by atoms with Gasteiger partial charge in [0.2, 0.25) is 0 Å². The number of carbonyl (C=O) groups is 1. The monoisotopic (exact) mass is 234 g/mol. The number of ether oxygens (including phenoxy) is 1. The maximum Gasteiger partial charge on any atom is 0.265 e. The molecule has 1 aliphatic rings. The smallest absolute Gasteiger partial charge is 0.265 e. The molecule has 4 nitrogen and oxygen atoms in total. The van der Waals surface area contributed by atoms with Crippen molar-refractivity contribution in [3.05, 3.63) is 23.8 Å². The summed E-state index contributed by atoms with van der Waals surface area (Å²) in [5, 5.41) is 0. The fourth-order valence-corrected chi connectivity index (χ4v) is 1.89. The fourth-order valence-electron chi connectivity index (χ4n) is 1.89. The van der Waals surface area contributed by atoms with Gasteiger partial charge in [-0.3, -0.25) is 4.79 Å². The molecule has 0 saturated carbocycles. The number of anilines is 1. The van der Waals surface area contributed by atoms with Gasteiger partial charge in [0.15, 0.2) is 6.61 Å². The first-order valence-electron chi connectivity index (χ1n) is 5.69. The van der Waals surface area contributed by atoms with Gasteiger partial charge in [-0.2, -0.15) is 0 Å². The molecule has 1 aromatic rings. The van der Waals surface area contributed by atoms with Crippen LogP contribution in [0.5, 0.6) is 5.75 Å². The number of hydrogen-bond donors (Lipinski definition) is 1. The molecule has 1 aliphatic heterocycles. The van der Waals surface area contributed by atoms with Crippen LogP contribution in [0.2, 0.25) is 0 Å².